The zero-order valence-corrected chi connectivity index (χ0v) is 18.3. The van der Waals surface area contributed by atoms with Crippen LogP contribution in [-0.4, -0.2) is 65.5 Å². The topological polar surface area (TPSA) is 99.7 Å². The third kappa shape index (κ3) is 2.98. The minimum atomic E-state index is -0.608. The van der Waals surface area contributed by atoms with E-state index in [1.807, 2.05) is 25.9 Å². The predicted octanol–water partition coefficient (Wildman–Crippen LogP) is 1.66. The molecule has 0 aromatic heterocycles. The smallest absolute Gasteiger partial charge is 0.323 e. The number of likely N-dealkylation sites (tertiary alicyclic amines) is 1. The van der Waals surface area contributed by atoms with Gasteiger partial charge in [0, 0.05) is 6.04 Å². The number of nitrogens with two attached hydrogens (primary N) is 1. The van der Waals surface area contributed by atoms with Crippen molar-refractivity contribution >= 4 is 11.9 Å². The van der Waals surface area contributed by atoms with Crippen molar-refractivity contribution in [3.05, 3.63) is 0 Å². The molecule has 6 rings (SSSR count). The summed E-state index contributed by atoms with van der Waals surface area (Å²) in [5, 5.41) is 9.53. The van der Waals surface area contributed by atoms with Crippen molar-refractivity contribution in [2.24, 2.45) is 28.9 Å². The molecule has 0 spiro atoms. The first kappa shape index (κ1) is 20.3. The Bertz CT molecular complexity index is 791. The largest absolute Gasteiger partial charge is 0.458 e. The fourth-order valence-corrected chi connectivity index (χ4v) is 7.55. The summed E-state index contributed by atoms with van der Waals surface area (Å²) in [6.07, 6.45) is 7.32. The van der Waals surface area contributed by atoms with Crippen LogP contribution >= 0.6 is 0 Å². The van der Waals surface area contributed by atoms with Crippen molar-refractivity contribution in [1.29, 1.82) is 5.26 Å². The average Bonchev–Trinajstić information content (AvgIpc) is 3.34. The van der Waals surface area contributed by atoms with Gasteiger partial charge in [-0.3, -0.25) is 14.5 Å². The van der Waals surface area contributed by atoms with Gasteiger partial charge in [0.25, 0.3) is 0 Å². The van der Waals surface area contributed by atoms with E-state index in [0.29, 0.717) is 24.2 Å². The molecule has 7 heteroatoms. The number of carbonyl (C=O) groups excluding carboxylic acids is 2. The standard InChI is InChI=1S/C23H34N4O3/c1-13(26(2)3)21(29)30-23-9-14-4-15(10-23)8-22(7-14,12-23)19(25)20(28)27-17(11-24)5-16-6-18(16)27/h13-19H,4-10,12,25H2,1-3H3/t13?,14-,15?,16?,17-,18?,19+,22?,23?/m0/s1. The average molecular weight is 415 g/mol. The Kier molecular flexibility index (Phi) is 4.51. The van der Waals surface area contributed by atoms with Gasteiger partial charge < -0.3 is 15.4 Å². The quantitative estimate of drug-likeness (QED) is 0.687. The van der Waals surface area contributed by atoms with Crippen molar-refractivity contribution in [1.82, 2.24) is 9.80 Å². The van der Waals surface area contributed by atoms with Crippen LogP contribution in [0.15, 0.2) is 0 Å². The second-order valence-electron chi connectivity index (χ2n) is 11.2. The molecular weight excluding hydrogens is 380 g/mol. The third-order valence-corrected chi connectivity index (χ3v) is 8.92. The van der Waals surface area contributed by atoms with Crippen molar-refractivity contribution < 1.29 is 14.3 Å². The normalized spacial score (nSPS) is 45.1. The first-order valence-corrected chi connectivity index (χ1v) is 11.5. The summed E-state index contributed by atoms with van der Waals surface area (Å²) in [5.74, 6) is 1.19. The van der Waals surface area contributed by atoms with Crippen LogP contribution in [0.1, 0.15) is 58.3 Å². The molecule has 0 aromatic rings. The molecule has 0 radical (unpaired) electrons. The predicted molar refractivity (Wildman–Crippen MR) is 110 cm³/mol. The number of ether oxygens (including phenoxy) is 1. The van der Waals surface area contributed by atoms with E-state index in [0.717, 1.165) is 44.9 Å². The van der Waals surface area contributed by atoms with E-state index in [-0.39, 0.29) is 35.4 Å². The molecule has 4 bridgehead atoms. The number of nitrogens with zero attached hydrogens (tertiary/aromatic N) is 3. The molecule has 1 saturated heterocycles. The second-order valence-corrected chi connectivity index (χ2v) is 11.2. The number of piperidine rings is 1. The lowest BCUT2D eigenvalue weighted by Gasteiger charge is -2.62. The number of amides is 1. The Hall–Kier alpha value is -1.65. The fraction of sp³-hybridized carbons (Fsp3) is 0.870. The van der Waals surface area contributed by atoms with Gasteiger partial charge in [-0.2, -0.15) is 5.26 Å². The van der Waals surface area contributed by atoms with Gasteiger partial charge in [0.1, 0.15) is 17.7 Å². The van der Waals surface area contributed by atoms with Crippen LogP contribution in [0.5, 0.6) is 0 Å². The lowest BCUT2D eigenvalue weighted by atomic mass is 9.46. The SMILES string of the molecule is CC(C(=O)OC12CC3C[C@H](C1)CC([C@H](N)C(=O)N1C4CC4C[C@H]1C#N)(C3)C2)N(C)C. The Morgan fingerprint density at radius 3 is 2.43 bits per heavy atom. The summed E-state index contributed by atoms with van der Waals surface area (Å²) in [4.78, 5) is 30.0. The number of esters is 1. The highest BCUT2D eigenvalue weighted by atomic mass is 16.6. The molecule has 1 amide bonds. The molecule has 1 heterocycles. The summed E-state index contributed by atoms with van der Waals surface area (Å²) >= 11 is 0. The molecule has 2 N–H and O–H groups in total. The van der Waals surface area contributed by atoms with Gasteiger partial charge in [0.15, 0.2) is 0 Å². The minimum absolute atomic E-state index is 0.0448. The highest BCUT2D eigenvalue weighted by Gasteiger charge is 2.64. The highest BCUT2D eigenvalue weighted by Crippen LogP contribution is 2.64. The zero-order valence-electron chi connectivity index (χ0n) is 18.3. The van der Waals surface area contributed by atoms with E-state index in [2.05, 4.69) is 6.07 Å². The molecule has 30 heavy (non-hydrogen) atoms. The number of nitriles is 1. The third-order valence-electron chi connectivity index (χ3n) is 8.92. The van der Waals surface area contributed by atoms with E-state index in [1.54, 1.807) is 4.90 Å². The highest BCUT2D eigenvalue weighted by molar-refractivity contribution is 5.84. The van der Waals surface area contributed by atoms with Gasteiger partial charge in [0.05, 0.1) is 12.1 Å². The monoisotopic (exact) mass is 414 g/mol. The molecule has 1 aliphatic heterocycles. The van der Waals surface area contributed by atoms with Crippen molar-refractivity contribution in [3.8, 4) is 6.07 Å². The van der Waals surface area contributed by atoms with Crippen LogP contribution < -0.4 is 5.73 Å². The summed E-state index contributed by atoms with van der Waals surface area (Å²) in [6, 6.07) is 1.31. The van der Waals surface area contributed by atoms with E-state index in [4.69, 9.17) is 10.5 Å². The fourth-order valence-electron chi connectivity index (χ4n) is 7.55. The van der Waals surface area contributed by atoms with Crippen molar-refractivity contribution in [3.63, 3.8) is 0 Å². The summed E-state index contributed by atoms with van der Waals surface area (Å²) in [7, 11) is 3.77. The van der Waals surface area contributed by atoms with Crippen LogP contribution in [0, 0.1) is 34.5 Å². The number of fused-ring (bicyclic) bond motifs is 1. The maximum Gasteiger partial charge on any atom is 0.323 e. The molecule has 164 valence electrons. The van der Waals surface area contributed by atoms with E-state index >= 15 is 0 Å². The molecule has 9 atom stereocenters. The molecule has 6 unspecified atom stereocenters. The van der Waals surface area contributed by atoms with Crippen LogP contribution in [0.25, 0.3) is 0 Å². The van der Waals surface area contributed by atoms with Crippen LogP contribution in [0.2, 0.25) is 0 Å². The first-order chi connectivity index (χ1) is 14.2. The molecule has 6 aliphatic rings. The maximum atomic E-state index is 13.5. The van der Waals surface area contributed by atoms with E-state index in [9.17, 15) is 14.9 Å². The second kappa shape index (κ2) is 6.67. The van der Waals surface area contributed by atoms with Gasteiger partial charge >= 0.3 is 5.97 Å². The summed E-state index contributed by atoms with van der Waals surface area (Å²) in [6.45, 7) is 1.87. The Balaban J connectivity index is 1.38. The van der Waals surface area contributed by atoms with E-state index in [1.165, 1.54) is 0 Å². The summed E-state index contributed by atoms with van der Waals surface area (Å²) in [5.41, 5.74) is 5.95. The van der Waals surface area contributed by atoms with Gasteiger partial charge in [-0.15, -0.1) is 0 Å². The van der Waals surface area contributed by atoms with Crippen LogP contribution in [0.4, 0.5) is 0 Å². The van der Waals surface area contributed by atoms with Crippen LogP contribution in [0.3, 0.4) is 0 Å². The Labute approximate surface area is 178 Å². The zero-order chi connectivity index (χ0) is 21.4. The van der Waals surface area contributed by atoms with Crippen molar-refractivity contribution in [2.75, 3.05) is 14.1 Å². The Morgan fingerprint density at radius 1 is 1.17 bits per heavy atom. The number of hydrogen-bond acceptors (Lipinski definition) is 6. The molecular formula is C23H34N4O3. The first-order valence-electron chi connectivity index (χ1n) is 11.5. The number of hydrogen-bond donors (Lipinski definition) is 1. The lowest BCUT2D eigenvalue weighted by molar-refractivity contribution is -0.208. The molecule has 0 aromatic carbocycles. The number of carbonyl (C=O) groups is 2. The van der Waals surface area contributed by atoms with E-state index < -0.39 is 11.6 Å². The Morgan fingerprint density at radius 2 is 1.83 bits per heavy atom. The van der Waals surface area contributed by atoms with Gasteiger partial charge in [0.2, 0.25) is 5.91 Å². The molecule has 5 aliphatic carbocycles. The van der Waals surface area contributed by atoms with Gasteiger partial charge in [-0.1, -0.05) is 0 Å². The minimum Gasteiger partial charge on any atom is -0.458 e. The lowest BCUT2D eigenvalue weighted by Crippen LogP contribution is -2.66. The number of rotatable bonds is 5. The van der Waals surface area contributed by atoms with Crippen LogP contribution in [-0.2, 0) is 14.3 Å². The summed E-state index contributed by atoms with van der Waals surface area (Å²) < 4.78 is 6.21. The van der Waals surface area contributed by atoms with Crippen molar-refractivity contribution in [2.45, 2.75) is 88.1 Å². The number of likely N-dealkylation sites (N-methyl/N-ethyl adjacent to an activating group) is 1. The molecule has 5 saturated carbocycles. The molecule has 6 fully saturated rings. The van der Waals surface area contributed by atoms with Gasteiger partial charge in [-0.25, -0.2) is 0 Å². The van der Waals surface area contributed by atoms with Gasteiger partial charge in [-0.05, 0) is 95.6 Å². The maximum absolute atomic E-state index is 13.5. The molecule has 7 nitrogen and oxygen atoms in total.